The van der Waals surface area contributed by atoms with Crippen molar-refractivity contribution < 1.29 is 5.11 Å². The van der Waals surface area contributed by atoms with Crippen molar-refractivity contribution in [2.45, 2.75) is 44.4 Å². The van der Waals surface area contributed by atoms with Crippen LogP contribution in [0.4, 0.5) is 0 Å². The fourth-order valence-corrected chi connectivity index (χ4v) is 3.02. The highest BCUT2D eigenvalue weighted by atomic mass is 16.3. The summed E-state index contributed by atoms with van der Waals surface area (Å²) in [5, 5.41) is 10.4. The fraction of sp³-hybridized carbons (Fsp3) is 0.571. The highest BCUT2D eigenvalue weighted by Gasteiger charge is 2.40. The first kappa shape index (κ1) is 10.3. The number of aliphatic hydroxyl groups excluding tert-OH is 1. The van der Waals surface area contributed by atoms with E-state index in [0.29, 0.717) is 6.04 Å². The van der Waals surface area contributed by atoms with E-state index in [0.717, 1.165) is 24.6 Å². The smallest absolute Gasteiger partial charge is 0.0951 e. The Labute approximate surface area is 96.9 Å². The van der Waals surface area contributed by atoms with Gasteiger partial charge in [-0.2, -0.15) is 0 Å². The third-order valence-electron chi connectivity index (χ3n) is 3.97. The highest BCUT2D eigenvalue weighted by molar-refractivity contribution is 5.36. The fourth-order valence-electron chi connectivity index (χ4n) is 3.02. The Morgan fingerprint density at radius 2 is 2.06 bits per heavy atom. The second-order valence-electron chi connectivity index (χ2n) is 4.98. The van der Waals surface area contributed by atoms with Gasteiger partial charge in [0, 0.05) is 12.1 Å². The van der Waals surface area contributed by atoms with Crippen molar-refractivity contribution in [1.29, 1.82) is 0 Å². The van der Waals surface area contributed by atoms with Gasteiger partial charge in [0.05, 0.1) is 6.10 Å². The lowest BCUT2D eigenvalue weighted by molar-refractivity contribution is 0.0588. The molecule has 1 N–H and O–H groups in total. The van der Waals surface area contributed by atoms with Crippen LogP contribution in [-0.4, -0.2) is 28.6 Å². The van der Waals surface area contributed by atoms with Gasteiger partial charge in [-0.3, -0.25) is 4.90 Å². The van der Waals surface area contributed by atoms with Crippen molar-refractivity contribution >= 4 is 0 Å². The number of hydrogen-bond acceptors (Lipinski definition) is 2. The Morgan fingerprint density at radius 1 is 1.31 bits per heavy atom. The van der Waals surface area contributed by atoms with Crippen molar-refractivity contribution in [3.05, 3.63) is 35.4 Å². The molecule has 0 saturated heterocycles. The molecule has 2 nitrogen and oxygen atoms in total. The van der Waals surface area contributed by atoms with Crippen LogP contribution in [0.1, 0.15) is 37.0 Å². The summed E-state index contributed by atoms with van der Waals surface area (Å²) in [4.78, 5) is 2.49. The van der Waals surface area contributed by atoms with Crippen LogP contribution in [-0.2, 0) is 6.42 Å². The van der Waals surface area contributed by atoms with Gasteiger partial charge in [0.1, 0.15) is 0 Å². The zero-order chi connectivity index (χ0) is 11.1. The van der Waals surface area contributed by atoms with E-state index in [1.165, 1.54) is 18.4 Å². The van der Waals surface area contributed by atoms with E-state index in [9.17, 15) is 5.11 Å². The van der Waals surface area contributed by atoms with E-state index in [-0.39, 0.29) is 6.10 Å². The van der Waals surface area contributed by atoms with Crippen molar-refractivity contribution in [3.63, 3.8) is 0 Å². The first-order valence-corrected chi connectivity index (χ1v) is 6.33. The largest absolute Gasteiger partial charge is 0.387 e. The second-order valence-corrected chi connectivity index (χ2v) is 4.98. The predicted octanol–water partition coefficient (Wildman–Crippen LogP) is 2.13. The number of likely N-dealkylation sites (N-methyl/N-ethyl adjacent to an activating group) is 1. The van der Waals surface area contributed by atoms with Gasteiger partial charge in [-0.1, -0.05) is 31.2 Å². The number of hydrogen-bond donors (Lipinski definition) is 1. The van der Waals surface area contributed by atoms with E-state index < -0.39 is 0 Å². The number of nitrogens with zero attached hydrogens (tertiary/aromatic N) is 1. The summed E-state index contributed by atoms with van der Waals surface area (Å²) in [7, 11) is 0. The number of rotatable bonds is 3. The van der Waals surface area contributed by atoms with Crippen molar-refractivity contribution in [2.24, 2.45) is 0 Å². The molecule has 2 atom stereocenters. The average Bonchev–Trinajstić information content (AvgIpc) is 3.08. The molecule has 16 heavy (non-hydrogen) atoms. The summed E-state index contributed by atoms with van der Waals surface area (Å²) in [5.41, 5.74) is 2.48. The Bertz CT molecular complexity index is 386. The summed E-state index contributed by atoms with van der Waals surface area (Å²) in [6.07, 6.45) is 3.36. The first-order valence-electron chi connectivity index (χ1n) is 6.33. The lowest BCUT2D eigenvalue weighted by atomic mass is 10.1. The van der Waals surface area contributed by atoms with E-state index in [4.69, 9.17) is 0 Å². The Balaban J connectivity index is 1.85. The van der Waals surface area contributed by atoms with Gasteiger partial charge in [-0.25, -0.2) is 0 Å². The predicted molar refractivity (Wildman–Crippen MR) is 64.3 cm³/mol. The number of benzene rings is 1. The molecule has 0 bridgehead atoms. The van der Waals surface area contributed by atoms with E-state index in [2.05, 4.69) is 30.0 Å². The SMILES string of the molecule is CCN(C1CC1)C1Cc2ccccc2C1O. The van der Waals surface area contributed by atoms with Gasteiger partial charge < -0.3 is 5.11 Å². The van der Waals surface area contributed by atoms with Crippen LogP contribution in [0, 0.1) is 0 Å². The van der Waals surface area contributed by atoms with Crippen LogP contribution >= 0.6 is 0 Å². The molecule has 2 heteroatoms. The lowest BCUT2D eigenvalue weighted by Crippen LogP contribution is -2.39. The maximum atomic E-state index is 10.4. The van der Waals surface area contributed by atoms with Crippen LogP contribution in [0.2, 0.25) is 0 Å². The van der Waals surface area contributed by atoms with Gasteiger partial charge in [-0.05, 0) is 36.9 Å². The monoisotopic (exact) mass is 217 g/mol. The molecule has 1 aromatic rings. The van der Waals surface area contributed by atoms with Crippen LogP contribution < -0.4 is 0 Å². The summed E-state index contributed by atoms with van der Waals surface area (Å²) in [6, 6.07) is 9.37. The minimum Gasteiger partial charge on any atom is -0.387 e. The number of aliphatic hydroxyl groups is 1. The zero-order valence-electron chi connectivity index (χ0n) is 9.76. The lowest BCUT2D eigenvalue weighted by Gasteiger charge is -2.30. The third-order valence-corrected chi connectivity index (χ3v) is 3.97. The van der Waals surface area contributed by atoms with Crippen LogP contribution in [0.15, 0.2) is 24.3 Å². The molecule has 0 heterocycles. The van der Waals surface area contributed by atoms with Crippen LogP contribution in [0.25, 0.3) is 0 Å². The van der Waals surface area contributed by atoms with Crippen molar-refractivity contribution in [3.8, 4) is 0 Å². The molecule has 0 amide bonds. The Kier molecular flexibility index (Phi) is 2.49. The van der Waals surface area contributed by atoms with Gasteiger partial charge >= 0.3 is 0 Å². The molecule has 2 aliphatic carbocycles. The Morgan fingerprint density at radius 3 is 2.69 bits per heavy atom. The summed E-state index contributed by atoms with van der Waals surface area (Å²) in [5.74, 6) is 0. The van der Waals surface area contributed by atoms with Gasteiger partial charge in [0.15, 0.2) is 0 Å². The molecule has 0 aliphatic heterocycles. The molecular formula is C14H19NO. The minimum absolute atomic E-state index is 0.281. The normalized spacial score (nSPS) is 28.4. The summed E-state index contributed by atoms with van der Waals surface area (Å²) in [6.45, 7) is 3.26. The average molecular weight is 217 g/mol. The molecule has 1 fully saturated rings. The molecule has 0 aromatic heterocycles. The quantitative estimate of drug-likeness (QED) is 0.838. The van der Waals surface area contributed by atoms with Crippen LogP contribution in [0.5, 0.6) is 0 Å². The van der Waals surface area contributed by atoms with Gasteiger partial charge in [-0.15, -0.1) is 0 Å². The van der Waals surface area contributed by atoms with Crippen molar-refractivity contribution in [2.75, 3.05) is 6.54 Å². The molecule has 2 unspecified atom stereocenters. The van der Waals surface area contributed by atoms with Gasteiger partial charge in [0.25, 0.3) is 0 Å². The zero-order valence-corrected chi connectivity index (χ0v) is 9.76. The van der Waals surface area contributed by atoms with Crippen molar-refractivity contribution in [1.82, 2.24) is 4.90 Å². The van der Waals surface area contributed by atoms with Crippen LogP contribution in [0.3, 0.4) is 0 Å². The highest BCUT2D eigenvalue weighted by Crippen LogP contribution is 2.39. The minimum atomic E-state index is -0.281. The Hall–Kier alpha value is -0.860. The van der Waals surface area contributed by atoms with E-state index in [1.54, 1.807) is 0 Å². The summed E-state index contributed by atoms with van der Waals surface area (Å²) < 4.78 is 0. The van der Waals surface area contributed by atoms with E-state index >= 15 is 0 Å². The molecule has 3 rings (SSSR count). The molecule has 0 spiro atoms. The molecule has 1 saturated carbocycles. The molecular weight excluding hydrogens is 198 g/mol. The first-order chi connectivity index (χ1) is 7.81. The topological polar surface area (TPSA) is 23.5 Å². The maximum absolute atomic E-state index is 10.4. The summed E-state index contributed by atoms with van der Waals surface area (Å²) >= 11 is 0. The standard InChI is InChI=1S/C14H19NO/c1-2-15(11-7-8-11)13-9-10-5-3-4-6-12(10)14(13)16/h3-6,11,13-14,16H,2,7-9H2,1H3. The van der Waals surface area contributed by atoms with E-state index in [1.807, 2.05) is 6.07 Å². The van der Waals surface area contributed by atoms with Gasteiger partial charge in [0.2, 0.25) is 0 Å². The number of fused-ring (bicyclic) bond motifs is 1. The molecule has 86 valence electrons. The second kappa shape index (κ2) is 3.86. The molecule has 0 radical (unpaired) electrons. The maximum Gasteiger partial charge on any atom is 0.0951 e. The third kappa shape index (κ3) is 1.57. The molecule has 1 aromatic carbocycles. The molecule has 2 aliphatic rings.